The lowest BCUT2D eigenvalue weighted by Gasteiger charge is -2.00. The zero-order chi connectivity index (χ0) is 16.2. The molecule has 1 aromatic heterocycles. The maximum Gasteiger partial charge on any atom is 0.348 e. The van der Waals surface area contributed by atoms with E-state index in [1.165, 1.54) is 24.5 Å². The lowest BCUT2D eigenvalue weighted by molar-refractivity contribution is -0.111. The molecule has 2 heterocycles. The quantitative estimate of drug-likeness (QED) is 0.691. The van der Waals surface area contributed by atoms with Crippen molar-refractivity contribution >= 4 is 34.3 Å². The molecule has 0 aliphatic carbocycles. The molecule has 0 fully saturated rings. The molecule has 0 radical (unpaired) electrons. The lowest BCUT2D eigenvalue weighted by Crippen LogP contribution is -2.06. The lowest BCUT2D eigenvalue weighted by atomic mass is 10.1. The topological polar surface area (TPSA) is 64.6 Å². The summed E-state index contributed by atoms with van der Waals surface area (Å²) in [6.07, 6.45) is 4.12. The molecule has 0 atom stereocenters. The Hall–Kier alpha value is -2.60. The fraction of sp³-hybridized carbons (Fsp3) is 0.176. The number of esters is 1. The largest absolute Gasteiger partial charge is 0.493 e. The van der Waals surface area contributed by atoms with E-state index >= 15 is 0 Å². The highest BCUT2D eigenvalue weighted by Gasteiger charge is 2.12. The van der Waals surface area contributed by atoms with E-state index < -0.39 is 5.97 Å². The second-order valence-electron chi connectivity index (χ2n) is 4.94. The second-order valence-corrected chi connectivity index (χ2v) is 6.03. The molecule has 0 saturated carbocycles. The number of carbonyl (C=O) groups excluding carboxylic acids is 2. The van der Waals surface area contributed by atoms with Gasteiger partial charge in [0.25, 0.3) is 0 Å². The number of rotatable bonds is 4. The molecule has 0 unspecified atom stereocenters. The Morgan fingerprint density at radius 2 is 2.17 bits per heavy atom. The Bertz CT molecular complexity index is 779. The minimum Gasteiger partial charge on any atom is -0.493 e. The fourth-order valence-electron chi connectivity index (χ4n) is 2.26. The van der Waals surface area contributed by atoms with E-state index in [4.69, 9.17) is 4.74 Å². The molecule has 0 saturated heterocycles. The van der Waals surface area contributed by atoms with Gasteiger partial charge in [-0.15, -0.1) is 11.3 Å². The molecule has 1 aliphatic rings. The molecule has 118 valence electrons. The summed E-state index contributed by atoms with van der Waals surface area (Å²) >= 11 is 1.17. The molecule has 1 aliphatic heterocycles. The molecule has 5 nitrogen and oxygen atoms in total. The van der Waals surface area contributed by atoms with Crippen LogP contribution in [0.4, 0.5) is 5.00 Å². The molecule has 1 amide bonds. The van der Waals surface area contributed by atoms with Crippen molar-refractivity contribution in [1.29, 1.82) is 0 Å². The molecule has 1 N–H and O–H groups in total. The number of hydrogen-bond donors (Lipinski definition) is 1. The van der Waals surface area contributed by atoms with Gasteiger partial charge in [0.2, 0.25) is 5.91 Å². The van der Waals surface area contributed by atoms with Crippen molar-refractivity contribution < 1.29 is 19.1 Å². The summed E-state index contributed by atoms with van der Waals surface area (Å²) < 4.78 is 10.1. The standard InChI is InChI=1S/C17H15NO4S/c1-21-17(20)14-5-7-16(23-14)18-15(19)6-3-11-2-4-13-12(10-11)8-9-22-13/h2-7,10H,8-9H2,1H3,(H,18,19)/b6-3+. The first-order valence-corrected chi connectivity index (χ1v) is 7.90. The smallest absolute Gasteiger partial charge is 0.348 e. The van der Waals surface area contributed by atoms with Crippen LogP contribution in [0.2, 0.25) is 0 Å². The van der Waals surface area contributed by atoms with Crippen LogP contribution < -0.4 is 10.1 Å². The van der Waals surface area contributed by atoms with Crippen LogP contribution in [0.5, 0.6) is 5.75 Å². The fourth-order valence-corrected chi connectivity index (χ4v) is 3.09. The minimum absolute atomic E-state index is 0.250. The first-order chi connectivity index (χ1) is 11.2. The Morgan fingerprint density at radius 3 is 3.00 bits per heavy atom. The number of ether oxygens (including phenoxy) is 2. The van der Waals surface area contributed by atoms with Crippen LogP contribution in [-0.4, -0.2) is 25.6 Å². The number of fused-ring (bicyclic) bond motifs is 1. The van der Waals surface area contributed by atoms with Gasteiger partial charge in [-0.05, 0) is 41.5 Å². The Labute approximate surface area is 137 Å². The predicted octanol–water partition coefficient (Wildman–Crippen LogP) is 3.12. The van der Waals surface area contributed by atoms with E-state index in [1.54, 1.807) is 18.2 Å². The number of carbonyl (C=O) groups is 2. The maximum absolute atomic E-state index is 11.9. The van der Waals surface area contributed by atoms with Crippen LogP contribution in [0.3, 0.4) is 0 Å². The molecule has 2 aromatic rings. The summed E-state index contributed by atoms with van der Waals surface area (Å²) in [7, 11) is 1.32. The Balaban J connectivity index is 1.62. The van der Waals surface area contributed by atoms with Crippen molar-refractivity contribution in [2.75, 3.05) is 19.0 Å². The van der Waals surface area contributed by atoms with Crippen molar-refractivity contribution in [3.8, 4) is 5.75 Å². The zero-order valence-corrected chi connectivity index (χ0v) is 13.3. The van der Waals surface area contributed by atoms with Gasteiger partial charge in [-0.2, -0.15) is 0 Å². The highest BCUT2D eigenvalue weighted by molar-refractivity contribution is 7.18. The van der Waals surface area contributed by atoms with E-state index in [-0.39, 0.29) is 5.91 Å². The molecular weight excluding hydrogens is 314 g/mol. The highest BCUT2D eigenvalue weighted by atomic mass is 32.1. The molecule has 6 heteroatoms. The third-order valence-electron chi connectivity index (χ3n) is 3.38. The van der Waals surface area contributed by atoms with Crippen molar-refractivity contribution in [3.05, 3.63) is 52.4 Å². The molecule has 0 spiro atoms. The number of amides is 1. The minimum atomic E-state index is -0.411. The Kier molecular flexibility index (Phi) is 4.43. The van der Waals surface area contributed by atoms with Gasteiger partial charge in [-0.1, -0.05) is 6.07 Å². The van der Waals surface area contributed by atoms with Crippen LogP contribution in [0, 0.1) is 0 Å². The number of thiophene rings is 1. The van der Waals surface area contributed by atoms with E-state index in [0.717, 1.165) is 23.3 Å². The molecule has 3 rings (SSSR count). The summed E-state index contributed by atoms with van der Waals surface area (Å²) in [5, 5.41) is 3.32. The van der Waals surface area contributed by atoms with Crippen LogP contribution in [-0.2, 0) is 16.0 Å². The summed E-state index contributed by atoms with van der Waals surface area (Å²) in [4.78, 5) is 23.8. The monoisotopic (exact) mass is 329 g/mol. The number of benzene rings is 1. The summed E-state index contributed by atoms with van der Waals surface area (Å²) in [5.41, 5.74) is 2.11. The van der Waals surface area contributed by atoms with Crippen LogP contribution in [0.25, 0.3) is 6.08 Å². The Morgan fingerprint density at radius 1 is 1.30 bits per heavy atom. The van der Waals surface area contributed by atoms with E-state index in [1.807, 2.05) is 18.2 Å². The van der Waals surface area contributed by atoms with Crippen LogP contribution >= 0.6 is 11.3 Å². The summed E-state index contributed by atoms with van der Waals surface area (Å²) in [5.74, 6) is 0.256. The summed E-state index contributed by atoms with van der Waals surface area (Å²) in [6, 6.07) is 9.15. The van der Waals surface area contributed by atoms with E-state index in [9.17, 15) is 9.59 Å². The molecular formula is C17H15NO4S. The number of anilines is 1. The van der Waals surface area contributed by atoms with E-state index in [2.05, 4.69) is 10.1 Å². The maximum atomic E-state index is 11.9. The van der Waals surface area contributed by atoms with Crippen molar-refractivity contribution in [1.82, 2.24) is 0 Å². The second kappa shape index (κ2) is 6.66. The normalized spacial score (nSPS) is 12.7. The highest BCUT2D eigenvalue weighted by Crippen LogP contribution is 2.26. The summed E-state index contributed by atoms with van der Waals surface area (Å²) in [6.45, 7) is 0.712. The van der Waals surface area contributed by atoms with Gasteiger partial charge in [-0.25, -0.2) is 4.79 Å². The van der Waals surface area contributed by atoms with Gasteiger partial charge >= 0.3 is 5.97 Å². The van der Waals surface area contributed by atoms with Crippen molar-refractivity contribution in [2.24, 2.45) is 0 Å². The number of methoxy groups -OCH3 is 1. The first kappa shape index (κ1) is 15.3. The molecule has 23 heavy (non-hydrogen) atoms. The van der Waals surface area contributed by atoms with Crippen molar-refractivity contribution in [2.45, 2.75) is 6.42 Å². The van der Waals surface area contributed by atoms with Crippen LogP contribution in [0.1, 0.15) is 20.8 Å². The number of nitrogens with one attached hydrogen (secondary N) is 1. The third kappa shape index (κ3) is 3.60. The van der Waals surface area contributed by atoms with Gasteiger partial charge in [0.1, 0.15) is 10.6 Å². The molecule has 0 bridgehead atoms. The number of hydrogen-bond acceptors (Lipinski definition) is 5. The predicted molar refractivity (Wildman–Crippen MR) is 89.0 cm³/mol. The SMILES string of the molecule is COC(=O)c1ccc(NC(=O)/C=C/c2ccc3c(c2)CCO3)s1. The van der Waals surface area contributed by atoms with Gasteiger partial charge in [0, 0.05) is 12.5 Å². The third-order valence-corrected chi connectivity index (χ3v) is 4.36. The first-order valence-electron chi connectivity index (χ1n) is 7.08. The van der Waals surface area contributed by atoms with Gasteiger partial charge < -0.3 is 14.8 Å². The average molecular weight is 329 g/mol. The van der Waals surface area contributed by atoms with Gasteiger partial charge in [0.15, 0.2) is 0 Å². The zero-order valence-electron chi connectivity index (χ0n) is 12.5. The van der Waals surface area contributed by atoms with E-state index in [0.29, 0.717) is 16.5 Å². The van der Waals surface area contributed by atoms with Gasteiger partial charge in [-0.3, -0.25) is 4.79 Å². The van der Waals surface area contributed by atoms with Gasteiger partial charge in [0.05, 0.1) is 18.7 Å². The van der Waals surface area contributed by atoms with Crippen molar-refractivity contribution in [3.63, 3.8) is 0 Å². The van der Waals surface area contributed by atoms with Crippen LogP contribution in [0.15, 0.2) is 36.4 Å². The average Bonchev–Trinajstić information content (AvgIpc) is 3.20. The molecule has 1 aromatic carbocycles.